The Labute approximate surface area is 95.4 Å². The first-order valence-corrected chi connectivity index (χ1v) is 6.52. The van der Waals surface area contributed by atoms with E-state index in [0.717, 1.165) is 5.75 Å². The Hall–Kier alpha value is -0.830. The minimum atomic E-state index is 0.621. The maximum atomic E-state index is 5.20. The number of methoxy groups -OCH3 is 1. The summed E-state index contributed by atoms with van der Waals surface area (Å²) in [6.45, 7) is 0. The first-order chi connectivity index (χ1) is 7.38. The summed E-state index contributed by atoms with van der Waals surface area (Å²) in [6.07, 6.45) is 2.61. The van der Waals surface area contributed by atoms with E-state index in [4.69, 9.17) is 4.74 Å². The molecule has 1 heterocycles. The largest absolute Gasteiger partial charge is 0.497 e. The zero-order chi connectivity index (χ0) is 10.5. The fourth-order valence-electron chi connectivity index (χ4n) is 1.80. The lowest BCUT2D eigenvalue weighted by atomic mass is 10.1. The van der Waals surface area contributed by atoms with Crippen molar-refractivity contribution in [3.8, 4) is 5.75 Å². The van der Waals surface area contributed by atoms with Crippen molar-refractivity contribution < 1.29 is 4.74 Å². The van der Waals surface area contributed by atoms with Gasteiger partial charge in [0.15, 0.2) is 0 Å². The molecule has 1 fully saturated rings. The van der Waals surface area contributed by atoms with E-state index in [0.29, 0.717) is 6.04 Å². The second-order valence-electron chi connectivity index (χ2n) is 3.79. The number of ether oxygens (including phenoxy) is 1. The van der Waals surface area contributed by atoms with Gasteiger partial charge in [0.2, 0.25) is 0 Å². The van der Waals surface area contributed by atoms with Gasteiger partial charge in [0.1, 0.15) is 5.75 Å². The molecular formula is C12H17NOS. The topological polar surface area (TPSA) is 21.3 Å². The number of anilines is 1. The minimum Gasteiger partial charge on any atom is -0.497 e. The maximum absolute atomic E-state index is 5.20. The van der Waals surface area contributed by atoms with E-state index in [9.17, 15) is 0 Å². The molecule has 15 heavy (non-hydrogen) atoms. The van der Waals surface area contributed by atoms with E-state index < -0.39 is 0 Å². The molecule has 2 nitrogen and oxygen atoms in total. The van der Waals surface area contributed by atoms with Crippen molar-refractivity contribution in [1.29, 1.82) is 0 Å². The monoisotopic (exact) mass is 223 g/mol. The van der Waals surface area contributed by atoms with Crippen LogP contribution in [-0.2, 0) is 0 Å². The van der Waals surface area contributed by atoms with Gasteiger partial charge in [-0.1, -0.05) is 6.07 Å². The lowest BCUT2D eigenvalue weighted by Crippen LogP contribution is -2.25. The second kappa shape index (κ2) is 5.31. The van der Waals surface area contributed by atoms with Gasteiger partial charge in [-0.25, -0.2) is 0 Å². The second-order valence-corrected chi connectivity index (χ2v) is 4.94. The van der Waals surface area contributed by atoms with Gasteiger partial charge in [0.05, 0.1) is 7.11 Å². The van der Waals surface area contributed by atoms with E-state index in [2.05, 4.69) is 17.4 Å². The molecule has 1 aromatic carbocycles. The molecular weight excluding hydrogens is 206 g/mol. The highest BCUT2D eigenvalue weighted by molar-refractivity contribution is 7.99. The van der Waals surface area contributed by atoms with Crippen molar-refractivity contribution >= 4 is 17.4 Å². The molecule has 0 aromatic heterocycles. The Bertz CT molecular complexity index is 310. The van der Waals surface area contributed by atoms with Crippen molar-refractivity contribution in [1.82, 2.24) is 0 Å². The van der Waals surface area contributed by atoms with Crippen LogP contribution in [0.25, 0.3) is 0 Å². The Morgan fingerprint density at radius 1 is 1.47 bits per heavy atom. The lowest BCUT2D eigenvalue weighted by molar-refractivity contribution is 0.415. The molecule has 0 aliphatic carbocycles. The van der Waals surface area contributed by atoms with E-state index in [-0.39, 0.29) is 0 Å². The summed E-state index contributed by atoms with van der Waals surface area (Å²) >= 11 is 2.04. The van der Waals surface area contributed by atoms with Crippen molar-refractivity contribution in [2.24, 2.45) is 0 Å². The predicted octanol–water partition coefficient (Wildman–Crippen LogP) is 3.00. The van der Waals surface area contributed by atoms with Crippen LogP contribution in [0, 0.1) is 0 Å². The van der Waals surface area contributed by atoms with Crippen LogP contribution in [0.2, 0.25) is 0 Å². The molecule has 1 aromatic rings. The van der Waals surface area contributed by atoms with E-state index in [1.807, 2.05) is 23.9 Å². The number of rotatable bonds is 3. The smallest absolute Gasteiger partial charge is 0.120 e. The summed E-state index contributed by atoms with van der Waals surface area (Å²) in [7, 11) is 1.70. The average Bonchev–Trinajstić information content (AvgIpc) is 2.31. The van der Waals surface area contributed by atoms with Crippen LogP contribution < -0.4 is 10.1 Å². The van der Waals surface area contributed by atoms with Crippen LogP contribution in [0.5, 0.6) is 5.75 Å². The molecule has 1 aliphatic heterocycles. The van der Waals surface area contributed by atoms with Crippen LogP contribution in [0.3, 0.4) is 0 Å². The van der Waals surface area contributed by atoms with Gasteiger partial charge >= 0.3 is 0 Å². The number of benzene rings is 1. The van der Waals surface area contributed by atoms with Crippen LogP contribution in [0.1, 0.15) is 12.8 Å². The van der Waals surface area contributed by atoms with Crippen LogP contribution in [0.15, 0.2) is 24.3 Å². The van der Waals surface area contributed by atoms with Gasteiger partial charge in [-0.15, -0.1) is 0 Å². The summed E-state index contributed by atoms with van der Waals surface area (Å²) in [4.78, 5) is 0. The van der Waals surface area contributed by atoms with Crippen LogP contribution in [-0.4, -0.2) is 24.7 Å². The number of hydrogen-bond acceptors (Lipinski definition) is 3. The van der Waals surface area contributed by atoms with Crippen LogP contribution >= 0.6 is 11.8 Å². The Morgan fingerprint density at radius 2 is 2.40 bits per heavy atom. The normalized spacial score (nSPS) is 21.0. The Balaban J connectivity index is 1.96. The summed E-state index contributed by atoms with van der Waals surface area (Å²) in [5.41, 5.74) is 1.17. The summed E-state index contributed by atoms with van der Waals surface area (Å²) in [5.74, 6) is 3.46. The summed E-state index contributed by atoms with van der Waals surface area (Å²) in [6, 6.07) is 8.77. The molecule has 3 heteroatoms. The van der Waals surface area contributed by atoms with Gasteiger partial charge in [0, 0.05) is 23.5 Å². The quantitative estimate of drug-likeness (QED) is 0.851. The first kappa shape index (κ1) is 10.7. The molecule has 0 spiro atoms. The van der Waals surface area contributed by atoms with Crippen molar-refractivity contribution in [3.05, 3.63) is 24.3 Å². The molecule has 0 saturated carbocycles. The third kappa shape index (κ3) is 3.06. The molecule has 0 amide bonds. The fraction of sp³-hybridized carbons (Fsp3) is 0.500. The number of nitrogens with one attached hydrogen (secondary N) is 1. The number of thioether (sulfide) groups is 1. The highest BCUT2D eigenvalue weighted by Gasteiger charge is 2.13. The predicted molar refractivity (Wildman–Crippen MR) is 67.0 cm³/mol. The van der Waals surface area contributed by atoms with Gasteiger partial charge in [0.25, 0.3) is 0 Å². The molecule has 1 N–H and O–H groups in total. The molecule has 0 unspecified atom stereocenters. The van der Waals surface area contributed by atoms with Crippen molar-refractivity contribution in [2.45, 2.75) is 18.9 Å². The Morgan fingerprint density at radius 3 is 3.13 bits per heavy atom. The third-order valence-electron chi connectivity index (χ3n) is 2.60. The molecule has 0 radical (unpaired) electrons. The minimum absolute atomic E-state index is 0.621. The fourth-order valence-corrected chi connectivity index (χ4v) is 2.88. The number of hydrogen-bond donors (Lipinski definition) is 1. The lowest BCUT2D eigenvalue weighted by Gasteiger charge is -2.23. The molecule has 1 saturated heterocycles. The summed E-state index contributed by atoms with van der Waals surface area (Å²) in [5, 5.41) is 3.55. The first-order valence-electron chi connectivity index (χ1n) is 5.37. The third-order valence-corrected chi connectivity index (χ3v) is 3.82. The van der Waals surface area contributed by atoms with Gasteiger partial charge in [-0.05, 0) is 30.7 Å². The summed E-state index contributed by atoms with van der Waals surface area (Å²) < 4.78 is 5.20. The standard InChI is InChI=1S/C12H17NOS/c1-14-12-6-2-4-10(8-12)13-11-5-3-7-15-9-11/h2,4,6,8,11,13H,3,5,7,9H2,1H3/t11-/m1/s1. The molecule has 82 valence electrons. The van der Waals surface area contributed by atoms with Crippen molar-refractivity contribution in [2.75, 3.05) is 23.9 Å². The van der Waals surface area contributed by atoms with E-state index in [1.54, 1.807) is 7.11 Å². The highest BCUT2D eigenvalue weighted by atomic mass is 32.2. The SMILES string of the molecule is COc1cccc(N[C@@H]2CCCSC2)c1. The van der Waals surface area contributed by atoms with E-state index >= 15 is 0 Å². The molecule has 2 rings (SSSR count). The van der Waals surface area contributed by atoms with Gasteiger partial charge in [-0.2, -0.15) is 11.8 Å². The van der Waals surface area contributed by atoms with Gasteiger partial charge < -0.3 is 10.1 Å². The van der Waals surface area contributed by atoms with Crippen LogP contribution in [0.4, 0.5) is 5.69 Å². The zero-order valence-electron chi connectivity index (χ0n) is 9.03. The molecule has 0 bridgehead atoms. The average molecular weight is 223 g/mol. The van der Waals surface area contributed by atoms with Crippen molar-refractivity contribution in [3.63, 3.8) is 0 Å². The van der Waals surface area contributed by atoms with Gasteiger partial charge in [-0.3, -0.25) is 0 Å². The maximum Gasteiger partial charge on any atom is 0.120 e. The van der Waals surface area contributed by atoms with E-state index in [1.165, 1.54) is 30.0 Å². The molecule has 1 aliphatic rings. The molecule has 1 atom stereocenters. The zero-order valence-corrected chi connectivity index (χ0v) is 9.85. The Kier molecular flexibility index (Phi) is 3.78. The highest BCUT2D eigenvalue weighted by Crippen LogP contribution is 2.23.